The smallest absolute Gasteiger partial charge is 0.249 e. The van der Waals surface area contributed by atoms with Gasteiger partial charge in [-0.15, -0.1) is 21.8 Å². The summed E-state index contributed by atoms with van der Waals surface area (Å²) in [5, 5.41) is 9.10. The van der Waals surface area contributed by atoms with Crippen molar-refractivity contribution in [3.8, 4) is 11.4 Å². The molecule has 0 saturated heterocycles. The van der Waals surface area contributed by atoms with Crippen LogP contribution in [0.1, 0.15) is 16.8 Å². The number of nitrogens with two attached hydrogens (primary N) is 1. The van der Waals surface area contributed by atoms with E-state index in [1.54, 1.807) is 23.9 Å². The largest absolute Gasteiger partial charge is 0.366 e. The Labute approximate surface area is 126 Å². The van der Waals surface area contributed by atoms with Gasteiger partial charge in [0.1, 0.15) is 0 Å². The fourth-order valence-corrected chi connectivity index (χ4v) is 2.93. The Morgan fingerprint density at radius 1 is 1.40 bits per heavy atom. The van der Waals surface area contributed by atoms with Crippen molar-refractivity contribution >= 4 is 29.3 Å². The zero-order valence-electron chi connectivity index (χ0n) is 11.0. The standard InChI is InChI=1S/C13H15ClN4OS/c1-18-12(16-17-13(18)20-8-4-7-14)10-6-3-2-5-9(10)11(15)19/h2-3,5-6H,4,7-8H2,1H3,(H2,15,19). The quantitative estimate of drug-likeness (QED) is 0.505. The molecule has 0 radical (unpaired) electrons. The van der Waals surface area contributed by atoms with Crippen molar-refractivity contribution in [2.24, 2.45) is 12.8 Å². The highest BCUT2D eigenvalue weighted by molar-refractivity contribution is 7.99. The maximum atomic E-state index is 11.5. The maximum absolute atomic E-state index is 11.5. The molecule has 0 aliphatic carbocycles. The number of nitrogens with zero attached hydrogens (tertiary/aromatic N) is 3. The number of primary amides is 1. The number of rotatable bonds is 6. The normalized spacial score (nSPS) is 10.7. The van der Waals surface area contributed by atoms with Crippen LogP contribution in [0.15, 0.2) is 29.4 Å². The van der Waals surface area contributed by atoms with E-state index in [-0.39, 0.29) is 0 Å². The average molecular weight is 311 g/mol. The van der Waals surface area contributed by atoms with Crippen LogP contribution in [0.3, 0.4) is 0 Å². The van der Waals surface area contributed by atoms with E-state index in [2.05, 4.69) is 10.2 Å². The van der Waals surface area contributed by atoms with Crippen molar-refractivity contribution in [3.05, 3.63) is 29.8 Å². The van der Waals surface area contributed by atoms with Crippen LogP contribution in [0, 0.1) is 0 Å². The van der Waals surface area contributed by atoms with E-state index in [4.69, 9.17) is 17.3 Å². The first-order chi connectivity index (χ1) is 9.65. The van der Waals surface area contributed by atoms with Gasteiger partial charge < -0.3 is 10.3 Å². The van der Waals surface area contributed by atoms with Gasteiger partial charge in [-0.1, -0.05) is 30.0 Å². The Morgan fingerprint density at radius 2 is 2.15 bits per heavy atom. The Kier molecular flexibility index (Phi) is 5.03. The van der Waals surface area contributed by atoms with E-state index in [1.165, 1.54) is 0 Å². The minimum atomic E-state index is -0.472. The molecule has 0 spiro atoms. The molecule has 1 aromatic carbocycles. The molecule has 5 nitrogen and oxygen atoms in total. The van der Waals surface area contributed by atoms with E-state index < -0.39 is 5.91 Å². The predicted octanol–water partition coefficient (Wildman–Crippen LogP) is 2.30. The number of aromatic nitrogens is 3. The van der Waals surface area contributed by atoms with Crippen LogP contribution < -0.4 is 5.73 Å². The molecule has 2 aromatic rings. The second-order valence-corrected chi connectivity index (χ2v) is 5.61. The van der Waals surface area contributed by atoms with E-state index in [0.717, 1.165) is 17.3 Å². The second kappa shape index (κ2) is 6.76. The highest BCUT2D eigenvalue weighted by atomic mass is 35.5. The summed E-state index contributed by atoms with van der Waals surface area (Å²) in [4.78, 5) is 11.5. The topological polar surface area (TPSA) is 73.8 Å². The first-order valence-electron chi connectivity index (χ1n) is 6.12. The molecule has 0 fully saturated rings. The van der Waals surface area contributed by atoms with Gasteiger partial charge in [-0.25, -0.2) is 0 Å². The molecule has 20 heavy (non-hydrogen) atoms. The molecule has 1 heterocycles. The molecule has 106 valence electrons. The third-order valence-electron chi connectivity index (χ3n) is 2.78. The van der Waals surface area contributed by atoms with E-state index >= 15 is 0 Å². The Morgan fingerprint density at radius 3 is 2.85 bits per heavy atom. The summed E-state index contributed by atoms with van der Waals surface area (Å²) in [6.07, 6.45) is 0.909. The van der Waals surface area contributed by atoms with Crippen molar-refractivity contribution < 1.29 is 4.79 Å². The highest BCUT2D eigenvalue weighted by Gasteiger charge is 2.16. The van der Waals surface area contributed by atoms with Crippen LogP contribution in [-0.2, 0) is 7.05 Å². The van der Waals surface area contributed by atoms with Gasteiger partial charge in [0.2, 0.25) is 5.91 Å². The number of thioether (sulfide) groups is 1. The average Bonchev–Trinajstić information content (AvgIpc) is 2.80. The predicted molar refractivity (Wildman–Crippen MR) is 81.0 cm³/mol. The molecule has 0 unspecified atom stereocenters. The highest BCUT2D eigenvalue weighted by Crippen LogP contribution is 2.25. The summed E-state index contributed by atoms with van der Waals surface area (Å²) in [6, 6.07) is 7.12. The molecule has 0 bridgehead atoms. The van der Waals surface area contributed by atoms with Crippen LogP contribution >= 0.6 is 23.4 Å². The molecule has 1 amide bonds. The number of carbonyl (C=O) groups excluding carboxylic acids is 1. The number of hydrogen-bond donors (Lipinski definition) is 1. The van der Waals surface area contributed by atoms with Gasteiger partial charge in [0.25, 0.3) is 0 Å². The molecule has 2 rings (SSSR count). The van der Waals surface area contributed by atoms with Crippen molar-refractivity contribution in [2.45, 2.75) is 11.6 Å². The van der Waals surface area contributed by atoms with Crippen LogP contribution in [0.2, 0.25) is 0 Å². The summed E-state index contributed by atoms with van der Waals surface area (Å²) in [6.45, 7) is 0. The van der Waals surface area contributed by atoms with Crippen LogP contribution in [0.5, 0.6) is 0 Å². The van der Waals surface area contributed by atoms with Crippen molar-refractivity contribution in [2.75, 3.05) is 11.6 Å². The van der Waals surface area contributed by atoms with Crippen LogP contribution in [0.25, 0.3) is 11.4 Å². The van der Waals surface area contributed by atoms with Crippen LogP contribution in [0.4, 0.5) is 0 Å². The van der Waals surface area contributed by atoms with Gasteiger partial charge in [-0.3, -0.25) is 4.79 Å². The van der Waals surface area contributed by atoms with E-state index in [0.29, 0.717) is 22.8 Å². The third-order valence-corrected chi connectivity index (χ3v) is 4.15. The third kappa shape index (κ3) is 3.13. The Bertz CT molecular complexity index is 614. The lowest BCUT2D eigenvalue weighted by Crippen LogP contribution is -2.13. The molecule has 2 N–H and O–H groups in total. The Hall–Kier alpha value is -1.53. The van der Waals surface area contributed by atoms with E-state index in [9.17, 15) is 4.79 Å². The number of benzene rings is 1. The number of alkyl halides is 1. The molecular formula is C13H15ClN4OS. The maximum Gasteiger partial charge on any atom is 0.249 e. The molecule has 0 atom stereocenters. The minimum Gasteiger partial charge on any atom is -0.366 e. The lowest BCUT2D eigenvalue weighted by atomic mass is 10.1. The van der Waals surface area contributed by atoms with Gasteiger partial charge in [0, 0.05) is 24.2 Å². The number of hydrogen-bond acceptors (Lipinski definition) is 4. The number of amides is 1. The molecule has 0 aliphatic rings. The van der Waals surface area contributed by atoms with Crippen molar-refractivity contribution in [1.82, 2.24) is 14.8 Å². The van der Waals surface area contributed by atoms with Gasteiger partial charge in [-0.2, -0.15) is 0 Å². The molecule has 0 saturated carbocycles. The SMILES string of the molecule is Cn1c(SCCCCl)nnc1-c1ccccc1C(N)=O. The van der Waals surface area contributed by atoms with Crippen molar-refractivity contribution in [3.63, 3.8) is 0 Å². The Balaban J connectivity index is 2.32. The second-order valence-electron chi connectivity index (χ2n) is 4.17. The summed E-state index contributed by atoms with van der Waals surface area (Å²) in [5.74, 6) is 1.67. The summed E-state index contributed by atoms with van der Waals surface area (Å²) >= 11 is 7.25. The summed E-state index contributed by atoms with van der Waals surface area (Å²) in [7, 11) is 1.87. The number of halogens is 1. The first-order valence-corrected chi connectivity index (χ1v) is 7.64. The summed E-state index contributed by atoms with van der Waals surface area (Å²) < 4.78 is 1.86. The lowest BCUT2D eigenvalue weighted by molar-refractivity contribution is 0.100. The van der Waals surface area contributed by atoms with E-state index in [1.807, 2.05) is 23.7 Å². The summed E-state index contributed by atoms with van der Waals surface area (Å²) in [5.41, 5.74) is 6.53. The zero-order chi connectivity index (χ0) is 14.5. The monoisotopic (exact) mass is 310 g/mol. The van der Waals surface area contributed by atoms with Gasteiger partial charge in [0.15, 0.2) is 11.0 Å². The minimum absolute atomic E-state index is 0.445. The van der Waals surface area contributed by atoms with Gasteiger partial charge in [-0.05, 0) is 12.5 Å². The van der Waals surface area contributed by atoms with Crippen molar-refractivity contribution in [1.29, 1.82) is 0 Å². The van der Waals surface area contributed by atoms with Gasteiger partial charge >= 0.3 is 0 Å². The zero-order valence-corrected chi connectivity index (χ0v) is 12.6. The lowest BCUT2D eigenvalue weighted by Gasteiger charge is -2.06. The van der Waals surface area contributed by atoms with Crippen LogP contribution in [-0.4, -0.2) is 32.3 Å². The molecule has 1 aromatic heterocycles. The number of carbonyl (C=O) groups is 1. The molecule has 0 aliphatic heterocycles. The first kappa shape index (κ1) is 14.9. The fourth-order valence-electron chi connectivity index (χ4n) is 1.79. The molecular weight excluding hydrogens is 296 g/mol. The molecule has 7 heteroatoms. The fraction of sp³-hybridized carbons (Fsp3) is 0.308. The van der Waals surface area contributed by atoms with Gasteiger partial charge in [0.05, 0.1) is 5.56 Å².